The van der Waals surface area contributed by atoms with Gasteiger partial charge in [0.05, 0.1) is 0 Å². The first-order chi connectivity index (χ1) is 10.3. The fourth-order valence-corrected chi connectivity index (χ4v) is 25.0. The summed E-state index contributed by atoms with van der Waals surface area (Å²) in [4.78, 5) is 0. The molecule has 2 aliphatic rings. The van der Waals surface area contributed by atoms with Crippen molar-refractivity contribution in [3.05, 3.63) is 41.0 Å². The molecule has 0 heterocycles. The predicted octanol–water partition coefficient (Wildman–Crippen LogP) is 6.95. The van der Waals surface area contributed by atoms with Gasteiger partial charge in [0.15, 0.2) is 0 Å². The Morgan fingerprint density at radius 1 is 0.792 bits per heavy atom. The molecule has 0 bridgehead atoms. The van der Waals surface area contributed by atoms with Crippen molar-refractivity contribution < 1.29 is 20.9 Å². The number of allylic oxidation sites excluding steroid dienone is 8. The third-order valence-corrected chi connectivity index (χ3v) is 25.1. The first-order valence-corrected chi connectivity index (χ1v) is 18.5. The van der Waals surface area contributed by atoms with E-state index in [1.54, 1.807) is 22.3 Å². The van der Waals surface area contributed by atoms with Gasteiger partial charge in [-0.25, -0.2) is 0 Å². The van der Waals surface area contributed by atoms with Crippen molar-refractivity contribution in [2.45, 2.75) is 67.5 Å². The second-order valence-electron chi connectivity index (χ2n) is 7.81. The zero-order chi connectivity index (χ0) is 16.6. The molecule has 0 N–H and O–H groups in total. The zero-order valence-corrected chi connectivity index (χ0v) is 21.9. The summed E-state index contributed by atoms with van der Waals surface area (Å²) in [6.45, 7) is 19.5. The molecule has 0 saturated carbocycles. The molecule has 0 saturated heterocycles. The summed E-state index contributed by atoms with van der Waals surface area (Å²) in [7, 11) is 0. The van der Waals surface area contributed by atoms with E-state index < -0.39 is 26.8 Å². The van der Waals surface area contributed by atoms with Gasteiger partial charge in [0.25, 0.3) is 0 Å². The Labute approximate surface area is 171 Å². The van der Waals surface area contributed by atoms with Gasteiger partial charge in [0.1, 0.15) is 0 Å². The van der Waals surface area contributed by atoms with E-state index in [9.17, 15) is 0 Å². The summed E-state index contributed by atoms with van der Waals surface area (Å²) >= 11 is -1.58. The summed E-state index contributed by atoms with van der Waals surface area (Å²) in [5.41, 5.74) is 6.69. The predicted molar refractivity (Wildman–Crippen MR) is 114 cm³/mol. The quantitative estimate of drug-likeness (QED) is 0.385. The van der Waals surface area contributed by atoms with Crippen LogP contribution in [0.4, 0.5) is 0 Å². The van der Waals surface area contributed by atoms with Crippen molar-refractivity contribution >= 4 is 30.7 Å². The zero-order valence-electron chi connectivity index (χ0n) is 16.6. The summed E-state index contributed by atoms with van der Waals surface area (Å²) < 4.78 is 3.89. The van der Waals surface area contributed by atoms with E-state index in [0.717, 1.165) is 0 Å². The van der Waals surface area contributed by atoms with Crippen LogP contribution in [0.15, 0.2) is 41.0 Å². The monoisotopic (exact) mass is 463 g/mol. The van der Waals surface area contributed by atoms with Crippen molar-refractivity contribution in [2.75, 3.05) is 0 Å². The fraction of sp³-hybridized carbons (Fsp3) is 0.600. The van der Waals surface area contributed by atoms with E-state index in [1.165, 1.54) is 12.8 Å². The molecule has 0 unspecified atom stereocenters. The first-order valence-electron chi connectivity index (χ1n) is 8.93. The van der Waals surface area contributed by atoms with E-state index in [0.29, 0.717) is 11.8 Å². The van der Waals surface area contributed by atoms with Gasteiger partial charge in [0.2, 0.25) is 0 Å². The number of hydrogen-bond donors (Lipinski definition) is 0. The average Bonchev–Trinajstić information content (AvgIpc) is 2.95. The van der Waals surface area contributed by atoms with Crippen LogP contribution in [0, 0.1) is 11.8 Å². The summed E-state index contributed by atoms with van der Waals surface area (Å²) in [6.07, 6.45) is 7.67. The molecule has 2 rings (SSSR count). The van der Waals surface area contributed by atoms with Gasteiger partial charge in [-0.15, -0.1) is 24.8 Å². The van der Waals surface area contributed by atoms with Crippen molar-refractivity contribution in [3.63, 3.8) is 0 Å². The van der Waals surface area contributed by atoms with Gasteiger partial charge in [0, 0.05) is 0 Å². The molecule has 0 aliphatic heterocycles. The smallest absolute Gasteiger partial charge is 0.147 e. The molecule has 0 atom stereocenters. The van der Waals surface area contributed by atoms with Crippen molar-refractivity contribution in [3.8, 4) is 0 Å². The van der Waals surface area contributed by atoms with Crippen LogP contribution in [0.5, 0.6) is 0 Å². The van der Waals surface area contributed by atoms with Crippen molar-refractivity contribution in [2.24, 2.45) is 11.8 Å². The topological polar surface area (TPSA) is 0 Å². The largest absolute Gasteiger partial charge is 0.147 e. The summed E-state index contributed by atoms with van der Waals surface area (Å²) in [5, 5.41) is 0. The Balaban J connectivity index is 0.00000264. The summed E-state index contributed by atoms with van der Waals surface area (Å²) in [5.74, 6) is 0.815. The molecule has 0 nitrogen and oxygen atoms in total. The number of hydrogen-bond acceptors (Lipinski definition) is 0. The van der Waals surface area contributed by atoms with Crippen LogP contribution in [0.1, 0.15) is 54.4 Å². The van der Waals surface area contributed by atoms with Crippen LogP contribution in [-0.2, 0) is 20.9 Å². The van der Waals surface area contributed by atoms with E-state index in [1.807, 2.05) is 6.56 Å². The Morgan fingerprint density at radius 2 is 1.12 bits per heavy atom. The van der Waals surface area contributed by atoms with E-state index in [2.05, 4.69) is 66.8 Å². The number of halogens is 2. The Hall–Kier alpha value is 0.640. The maximum Gasteiger partial charge on any atom is -0.147 e. The molecular weight excluding hydrogens is 430 g/mol. The molecular formula is C20H35Cl2SiZr. The van der Waals surface area contributed by atoms with E-state index >= 15 is 0 Å². The molecule has 24 heavy (non-hydrogen) atoms. The normalized spacial score (nSPS) is 17.5. The third kappa shape index (κ3) is 4.87. The van der Waals surface area contributed by atoms with Gasteiger partial charge in [-0.1, -0.05) is 0 Å². The second kappa shape index (κ2) is 10.1. The fourth-order valence-electron chi connectivity index (χ4n) is 4.23. The molecule has 0 fully saturated rings. The molecule has 4 heteroatoms. The Bertz CT molecular complexity index is 532. The molecule has 0 aromatic rings. The van der Waals surface area contributed by atoms with Crippen LogP contribution >= 0.6 is 24.8 Å². The standard InChI is InChI=1S/2C9H13.C2H7Si.2ClH.Zr/c2*1-7(2)9-6-4-5-8(9)3;1-3-2;;;/h2*6-7H,4H2,1-3H3;3H,1-2H3;2*1H;. The first kappa shape index (κ1) is 24.6. The number of rotatable bonds is 5. The minimum absolute atomic E-state index is 0. The molecule has 0 amide bonds. The molecule has 0 aromatic carbocycles. The molecule has 137 valence electrons. The van der Waals surface area contributed by atoms with Gasteiger partial charge >= 0.3 is 147 Å². The molecule has 0 aromatic heterocycles. The van der Waals surface area contributed by atoms with Crippen LogP contribution in [0.3, 0.4) is 0 Å². The molecule has 0 radical (unpaired) electrons. The van der Waals surface area contributed by atoms with Crippen LogP contribution in [0.25, 0.3) is 0 Å². The Morgan fingerprint density at radius 3 is 1.33 bits per heavy atom. The minimum Gasteiger partial charge on any atom is -0.147 e. The molecule has 0 spiro atoms. The maximum atomic E-state index is 2.62. The summed E-state index contributed by atoms with van der Waals surface area (Å²) in [6, 6.07) is 0. The Kier molecular flexibility index (Phi) is 10.4. The van der Waals surface area contributed by atoms with Crippen LogP contribution < -0.4 is 0 Å². The van der Waals surface area contributed by atoms with Gasteiger partial charge < -0.3 is 0 Å². The average molecular weight is 466 g/mol. The van der Waals surface area contributed by atoms with Gasteiger partial charge in [-0.05, 0) is 0 Å². The molecule has 2 aliphatic carbocycles. The van der Waals surface area contributed by atoms with Gasteiger partial charge in [-0.3, -0.25) is 0 Å². The van der Waals surface area contributed by atoms with E-state index in [-0.39, 0.29) is 24.8 Å². The third-order valence-electron chi connectivity index (χ3n) is 5.30. The SMILES string of the molecule is CC1=[C]([Zr]([C]2=C(C)C(C(C)C)=CC2)[SiH](C)C)CC=C1C(C)C.Cl.Cl. The van der Waals surface area contributed by atoms with Gasteiger partial charge in [-0.2, -0.15) is 0 Å². The maximum absolute atomic E-state index is 2.62. The van der Waals surface area contributed by atoms with Crippen LogP contribution in [-0.4, -0.2) is 5.92 Å². The van der Waals surface area contributed by atoms with E-state index in [4.69, 9.17) is 0 Å². The van der Waals surface area contributed by atoms with Crippen molar-refractivity contribution in [1.29, 1.82) is 0 Å². The van der Waals surface area contributed by atoms with Crippen LogP contribution in [0.2, 0.25) is 13.1 Å². The van der Waals surface area contributed by atoms with Crippen molar-refractivity contribution in [1.82, 2.24) is 0 Å². The second-order valence-corrected chi connectivity index (χ2v) is 27.1. The minimum atomic E-state index is -1.58.